The molecule has 0 unspecified atom stereocenters. The molecule has 0 saturated carbocycles. The maximum Gasteiger partial charge on any atom is 0.293 e. The van der Waals surface area contributed by atoms with Gasteiger partial charge in [0.15, 0.2) is 5.78 Å². The smallest absolute Gasteiger partial charge is 0.293 e. The first-order valence-electron chi connectivity index (χ1n) is 8.73. The zero-order chi connectivity index (χ0) is 20.9. The first-order valence-corrected chi connectivity index (χ1v) is 8.73. The molecule has 0 radical (unpaired) electrons. The zero-order valence-corrected chi connectivity index (χ0v) is 15.6. The highest BCUT2D eigenvalue weighted by molar-refractivity contribution is 6.26. The number of anilines is 2. The summed E-state index contributed by atoms with van der Waals surface area (Å²) in [5.74, 6) is -1.25. The van der Waals surface area contributed by atoms with E-state index < -0.39 is 22.2 Å². The lowest BCUT2D eigenvalue weighted by Gasteiger charge is -2.21. The largest absolute Gasteiger partial charge is 0.497 e. The van der Waals surface area contributed by atoms with Gasteiger partial charge in [-0.05, 0) is 42.0 Å². The molecule has 1 aliphatic heterocycles. The zero-order valence-electron chi connectivity index (χ0n) is 15.6. The van der Waals surface area contributed by atoms with Crippen LogP contribution in [0.2, 0.25) is 0 Å². The molecule has 3 aromatic rings. The van der Waals surface area contributed by atoms with Crippen molar-refractivity contribution in [1.29, 1.82) is 0 Å². The molecule has 1 N–H and O–H groups in total. The number of nitro groups is 1. The van der Waals surface area contributed by atoms with E-state index in [0.29, 0.717) is 16.5 Å². The van der Waals surface area contributed by atoms with Gasteiger partial charge < -0.3 is 9.84 Å². The number of rotatable bonds is 4. The Balaban J connectivity index is 2.10. The molecule has 4 rings (SSSR count). The maximum absolute atomic E-state index is 13.3. The number of hydrogen-bond acceptors (Lipinski definition) is 6. The minimum atomic E-state index is -2.47. The summed E-state index contributed by atoms with van der Waals surface area (Å²) in [6.45, 7) is 1.11. The SMILES string of the molecule is COc1ccc2ccc3c(c2c1)[C@](O)(C(C)=O)C(=O)N3c1ccccc1[N+](=O)[O-]. The van der Waals surface area contributed by atoms with Crippen molar-refractivity contribution in [3.8, 4) is 5.75 Å². The van der Waals surface area contributed by atoms with Gasteiger partial charge in [-0.25, -0.2) is 0 Å². The van der Waals surface area contributed by atoms with Gasteiger partial charge in [0.1, 0.15) is 11.4 Å². The molecule has 1 aliphatic rings. The molecule has 1 heterocycles. The van der Waals surface area contributed by atoms with E-state index >= 15 is 0 Å². The van der Waals surface area contributed by atoms with E-state index in [-0.39, 0.29) is 22.6 Å². The van der Waals surface area contributed by atoms with Crippen molar-refractivity contribution < 1.29 is 24.4 Å². The molecule has 8 nitrogen and oxygen atoms in total. The summed E-state index contributed by atoms with van der Waals surface area (Å²) in [5.41, 5.74) is -2.51. The highest BCUT2D eigenvalue weighted by Crippen LogP contribution is 2.50. The van der Waals surface area contributed by atoms with Gasteiger partial charge in [-0.2, -0.15) is 0 Å². The Morgan fingerprint density at radius 1 is 1.14 bits per heavy atom. The van der Waals surface area contributed by atoms with E-state index in [4.69, 9.17) is 4.74 Å². The third-order valence-corrected chi connectivity index (χ3v) is 5.15. The number of ketones is 1. The predicted molar refractivity (Wildman–Crippen MR) is 105 cm³/mol. The number of para-hydroxylation sites is 2. The number of aliphatic hydroxyl groups is 1. The molecular formula is C21H16N2O6. The molecule has 3 aromatic carbocycles. The van der Waals surface area contributed by atoms with Crippen LogP contribution in [0.15, 0.2) is 54.6 Å². The van der Waals surface area contributed by atoms with Crippen molar-refractivity contribution in [2.75, 3.05) is 12.0 Å². The van der Waals surface area contributed by atoms with E-state index in [2.05, 4.69) is 0 Å². The third-order valence-electron chi connectivity index (χ3n) is 5.15. The van der Waals surface area contributed by atoms with Gasteiger partial charge >= 0.3 is 0 Å². The van der Waals surface area contributed by atoms with Crippen molar-refractivity contribution in [3.63, 3.8) is 0 Å². The van der Waals surface area contributed by atoms with Crippen LogP contribution in [0.4, 0.5) is 17.1 Å². The molecular weight excluding hydrogens is 376 g/mol. The number of hydrogen-bond donors (Lipinski definition) is 1. The second-order valence-electron chi connectivity index (χ2n) is 6.70. The highest BCUT2D eigenvalue weighted by Gasteiger charge is 2.55. The number of amides is 1. The van der Waals surface area contributed by atoms with Gasteiger partial charge in [-0.3, -0.25) is 24.6 Å². The molecule has 0 fully saturated rings. The summed E-state index contributed by atoms with van der Waals surface area (Å²) in [6, 6.07) is 14.1. The first kappa shape index (κ1) is 18.6. The molecule has 1 amide bonds. The van der Waals surface area contributed by atoms with Crippen LogP contribution in [0.1, 0.15) is 12.5 Å². The van der Waals surface area contributed by atoms with Gasteiger partial charge in [0.25, 0.3) is 11.6 Å². The number of ether oxygens (including phenoxy) is 1. The monoisotopic (exact) mass is 392 g/mol. The van der Waals surface area contributed by atoms with Crippen molar-refractivity contribution >= 4 is 39.5 Å². The summed E-state index contributed by atoms with van der Waals surface area (Å²) < 4.78 is 5.25. The van der Waals surface area contributed by atoms with Crippen LogP contribution in [0.5, 0.6) is 5.75 Å². The molecule has 0 aromatic heterocycles. The Morgan fingerprint density at radius 3 is 2.48 bits per heavy atom. The van der Waals surface area contributed by atoms with Crippen LogP contribution < -0.4 is 9.64 Å². The van der Waals surface area contributed by atoms with Crippen LogP contribution in [0.25, 0.3) is 10.8 Å². The summed E-state index contributed by atoms with van der Waals surface area (Å²) in [6.07, 6.45) is 0. The van der Waals surface area contributed by atoms with Gasteiger partial charge in [0, 0.05) is 11.6 Å². The van der Waals surface area contributed by atoms with Crippen LogP contribution in [-0.4, -0.2) is 28.8 Å². The fraction of sp³-hybridized carbons (Fsp3) is 0.143. The van der Waals surface area contributed by atoms with Gasteiger partial charge in [0.05, 0.1) is 17.7 Å². The molecule has 0 saturated heterocycles. The van der Waals surface area contributed by atoms with E-state index in [1.165, 1.54) is 25.3 Å². The van der Waals surface area contributed by atoms with E-state index in [0.717, 1.165) is 11.8 Å². The molecule has 29 heavy (non-hydrogen) atoms. The lowest BCUT2D eigenvalue weighted by atomic mass is 9.87. The summed E-state index contributed by atoms with van der Waals surface area (Å²) in [7, 11) is 1.48. The molecule has 146 valence electrons. The fourth-order valence-corrected chi connectivity index (χ4v) is 3.73. The lowest BCUT2D eigenvalue weighted by Crippen LogP contribution is -2.44. The minimum absolute atomic E-state index is 0.0248. The Bertz CT molecular complexity index is 1200. The van der Waals surface area contributed by atoms with Crippen LogP contribution in [-0.2, 0) is 15.2 Å². The molecule has 0 spiro atoms. The quantitative estimate of drug-likeness (QED) is 0.415. The first-order chi connectivity index (χ1) is 13.8. The van der Waals surface area contributed by atoms with Crippen molar-refractivity contribution in [2.45, 2.75) is 12.5 Å². The normalized spacial score (nSPS) is 18.0. The van der Waals surface area contributed by atoms with Crippen LogP contribution in [0.3, 0.4) is 0 Å². The number of fused-ring (bicyclic) bond motifs is 3. The number of nitro benzene ring substituents is 1. The Labute approximate surface area is 165 Å². The number of carbonyl (C=O) groups is 2. The molecule has 8 heteroatoms. The fourth-order valence-electron chi connectivity index (χ4n) is 3.73. The highest BCUT2D eigenvalue weighted by atomic mass is 16.6. The summed E-state index contributed by atoms with van der Waals surface area (Å²) in [4.78, 5) is 37.7. The van der Waals surface area contributed by atoms with E-state index in [1.807, 2.05) is 0 Å². The second kappa shape index (κ2) is 6.39. The van der Waals surface area contributed by atoms with Crippen LogP contribution >= 0.6 is 0 Å². The Hall–Kier alpha value is -3.78. The Kier molecular flexibility index (Phi) is 4.09. The number of methoxy groups -OCH3 is 1. The molecule has 0 aliphatic carbocycles. The van der Waals surface area contributed by atoms with Gasteiger partial charge in [-0.1, -0.05) is 24.3 Å². The van der Waals surface area contributed by atoms with E-state index in [1.54, 1.807) is 36.4 Å². The molecule has 0 bridgehead atoms. The van der Waals surface area contributed by atoms with Gasteiger partial charge in [0.2, 0.25) is 5.60 Å². The number of nitrogens with zero attached hydrogens (tertiary/aromatic N) is 2. The van der Waals surface area contributed by atoms with Gasteiger partial charge in [-0.15, -0.1) is 0 Å². The maximum atomic E-state index is 13.3. The number of benzene rings is 3. The third kappa shape index (κ3) is 2.50. The Morgan fingerprint density at radius 2 is 1.83 bits per heavy atom. The average molecular weight is 392 g/mol. The summed E-state index contributed by atoms with van der Waals surface area (Å²) >= 11 is 0. The molecule has 1 atom stereocenters. The average Bonchev–Trinajstić information content (AvgIpc) is 2.96. The topological polar surface area (TPSA) is 110 Å². The minimum Gasteiger partial charge on any atom is -0.497 e. The van der Waals surface area contributed by atoms with Crippen LogP contribution in [0, 0.1) is 10.1 Å². The second-order valence-corrected chi connectivity index (χ2v) is 6.70. The standard InChI is InChI=1S/C21H16N2O6/c1-12(24)21(26)19-15-11-14(29-2)9-7-13(15)8-10-18(19)22(20(21)25)16-5-3-4-6-17(16)23(27)28/h3-11,26H,1-2H3/t21-/m1/s1. The van der Waals surface area contributed by atoms with Crippen molar-refractivity contribution in [2.24, 2.45) is 0 Å². The number of carbonyl (C=O) groups excluding carboxylic acids is 2. The van der Waals surface area contributed by atoms with E-state index in [9.17, 15) is 24.8 Å². The summed E-state index contributed by atoms with van der Waals surface area (Å²) in [5, 5.41) is 23.9. The predicted octanol–water partition coefficient (Wildman–Crippen LogP) is 3.21. The lowest BCUT2D eigenvalue weighted by molar-refractivity contribution is -0.384. The number of Topliss-reactive ketones (excluding diaryl/α,β-unsaturated/α-hetero) is 1. The van der Waals surface area contributed by atoms with Crippen molar-refractivity contribution in [1.82, 2.24) is 0 Å². The van der Waals surface area contributed by atoms with Crippen molar-refractivity contribution in [3.05, 3.63) is 70.3 Å².